The number of amides is 2. The van der Waals surface area contributed by atoms with Crippen LogP contribution in [0.25, 0.3) is 5.65 Å². The SMILES string of the molecule is O=C(NCc1cn2ccccc2n1)N[C@@H]1CCN(Cc2ccccc2)C1. The van der Waals surface area contributed by atoms with Crippen LogP contribution in [0.3, 0.4) is 0 Å². The summed E-state index contributed by atoms with van der Waals surface area (Å²) in [5.74, 6) is 0. The number of nitrogens with zero attached hydrogens (tertiary/aromatic N) is 3. The molecular weight excluding hydrogens is 326 g/mol. The third-order valence-corrected chi connectivity index (χ3v) is 4.70. The smallest absolute Gasteiger partial charge is 0.315 e. The highest BCUT2D eigenvalue weighted by atomic mass is 16.2. The highest BCUT2D eigenvalue weighted by molar-refractivity contribution is 5.74. The van der Waals surface area contributed by atoms with Gasteiger partial charge in [0.25, 0.3) is 0 Å². The summed E-state index contributed by atoms with van der Waals surface area (Å²) >= 11 is 0. The van der Waals surface area contributed by atoms with Gasteiger partial charge in [-0.15, -0.1) is 0 Å². The normalized spacial score (nSPS) is 17.5. The predicted octanol–water partition coefficient (Wildman–Crippen LogP) is 2.41. The standard InChI is InChI=1S/C20H23N5O/c26-20(21-12-18-15-25-10-5-4-8-19(25)22-18)23-17-9-11-24(14-17)13-16-6-2-1-3-7-16/h1-8,10,15,17H,9,11-14H2,(H2,21,23,26)/t17-/m1/s1. The number of likely N-dealkylation sites (tertiary alicyclic amines) is 1. The lowest BCUT2D eigenvalue weighted by atomic mass is 10.2. The maximum absolute atomic E-state index is 12.2. The van der Waals surface area contributed by atoms with Crippen LogP contribution >= 0.6 is 0 Å². The molecule has 2 N–H and O–H groups in total. The van der Waals surface area contributed by atoms with Crippen LogP contribution in [0.4, 0.5) is 4.79 Å². The molecule has 2 aromatic heterocycles. The van der Waals surface area contributed by atoms with Crippen molar-refractivity contribution in [2.75, 3.05) is 13.1 Å². The zero-order chi connectivity index (χ0) is 17.8. The Morgan fingerprint density at radius 1 is 1.15 bits per heavy atom. The molecule has 1 aromatic carbocycles. The van der Waals surface area contributed by atoms with Gasteiger partial charge in [0.1, 0.15) is 5.65 Å². The molecule has 3 heterocycles. The molecular formula is C20H23N5O. The molecule has 0 radical (unpaired) electrons. The van der Waals surface area contributed by atoms with Crippen molar-refractivity contribution >= 4 is 11.7 Å². The molecule has 2 amide bonds. The maximum atomic E-state index is 12.2. The molecule has 0 saturated carbocycles. The van der Waals surface area contributed by atoms with E-state index in [4.69, 9.17) is 0 Å². The molecule has 1 saturated heterocycles. The zero-order valence-electron chi connectivity index (χ0n) is 14.6. The number of fused-ring (bicyclic) bond motifs is 1. The van der Waals surface area contributed by atoms with E-state index in [0.29, 0.717) is 6.54 Å². The van der Waals surface area contributed by atoms with E-state index >= 15 is 0 Å². The van der Waals surface area contributed by atoms with Gasteiger partial charge in [0, 0.05) is 38.1 Å². The van der Waals surface area contributed by atoms with Gasteiger partial charge in [0.15, 0.2) is 0 Å². The molecule has 6 nitrogen and oxygen atoms in total. The fourth-order valence-corrected chi connectivity index (χ4v) is 3.42. The average Bonchev–Trinajstić information content (AvgIpc) is 3.27. The highest BCUT2D eigenvalue weighted by Crippen LogP contribution is 2.13. The van der Waals surface area contributed by atoms with Crippen LogP contribution in [-0.2, 0) is 13.1 Å². The Hall–Kier alpha value is -2.86. The molecule has 1 atom stereocenters. The van der Waals surface area contributed by atoms with E-state index in [9.17, 15) is 4.79 Å². The van der Waals surface area contributed by atoms with Gasteiger partial charge in [-0.3, -0.25) is 4.90 Å². The van der Waals surface area contributed by atoms with Gasteiger partial charge in [0.2, 0.25) is 0 Å². The summed E-state index contributed by atoms with van der Waals surface area (Å²) in [5.41, 5.74) is 3.05. The summed E-state index contributed by atoms with van der Waals surface area (Å²) in [7, 11) is 0. The van der Waals surface area contributed by atoms with Gasteiger partial charge in [0.05, 0.1) is 12.2 Å². The molecule has 26 heavy (non-hydrogen) atoms. The van der Waals surface area contributed by atoms with E-state index in [-0.39, 0.29) is 12.1 Å². The Kier molecular flexibility index (Phi) is 4.84. The van der Waals surface area contributed by atoms with Gasteiger partial charge >= 0.3 is 6.03 Å². The number of imidazole rings is 1. The van der Waals surface area contributed by atoms with E-state index < -0.39 is 0 Å². The Bertz CT molecular complexity index is 843. The Labute approximate surface area is 152 Å². The second-order valence-corrected chi connectivity index (χ2v) is 6.73. The molecule has 0 bridgehead atoms. The maximum Gasteiger partial charge on any atom is 0.315 e. The fraction of sp³-hybridized carbons (Fsp3) is 0.300. The van der Waals surface area contributed by atoms with Gasteiger partial charge in [-0.25, -0.2) is 9.78 Å². The second-order valence-electron chi connectivity index (χ2n) is 6.73. The fourth-order valence-electron chi connectivity index (χ4n) is 3.42. The summed E-state index contributed by atoms with van der Waals surface area (Å²) < 4.78 is 1.95. The first-order valence-electron chi connectivity index (χ1n) is 8.99. The summed E-state index contributed by atoms with van der Waals surface area (Å²) in [6.45, 7) is 3.25. The lowest BCUT2D eigenvalue weighted by Crippen LogP contribution is -2.43. The van der Waals surface area contributed by atoms with Crippen LogP contribution in [0.1, 0.15) is 17.7 Å². The molecule has 6 heteroatoms. The molecule has 0 unspecified atom stereocenters. The topological polar surface area (TPSA) is 61.7 Å². The van der Waals surface area contributed by atoms with Crippen molar-refractivity contribution in [1.82, 2.24) is 24.9 Å². The van der Waals surface area contributed by atoms with Crippen LogP contribution < -0.4 is 10.6 Å². The van der Waals surface area contributed by atoms with E-state index in [1.54, 1.807) is 0 Å². The number of hydrogen-bond donors (Lipinski definition) is 2. The molecule has 1 fully saturated rings. The first-order chi connectivity index (χ1) is 12.8. The number of rotatable bonds is 5. The van der Waals surface area contributed by atoms with Gasteiger partial charge in [-0.2, -0.15) is 0 Å². The summed E-state index contributed by atoms with van der Waals surface area (Å²) in [6, 6.07) is 16.4. The van der Waals surface area contributed by atoms with Crippen LogP contribution in [0.15, 0.2) is 60.9 Å². The van der Waals surface area contributed by atoms with Crippen LogP contribution in [0.5, 0.6) is 0 Å². The molecule has 0 spiro atoms. The monoisotopic (exact) mass is 349 g/mol. The minimum atomic E-state index is -0.131. The average molecular weight is 349 g/mol. The second kappa shape index (κ2) is 7.58. The van der Waals surface area contributed by atoms with Crippen molar-refractivity contribution < 1.29 is 4.79 Å². The van der Waals surface area contributed by atoms with E-state index in [1.807, 2.05) is 41.1 Å². The highest BCUT2D eigenvalue weighted by Gasteiger charge is 2.23. The number of carbonyl (C=O) groups is 1. The largest absolute Gasteiger partial charge is 0.334 e. The number of pyridine rings is 1. The van der Waals surface area contributed by atoms with Crippen molar-refractivity contribution in [3.63, 3.8) is 0 Å². The van der Waals surface area contributed by atoms with Crippen LogP contribution in [0, 0.1) is 0 Å². The first kappa shape index (κ1) is 16.6. The number of benzene rings is 1. The minimum absolute atomic E-state index is 0.131. The van der Waals surface area contributed by atoms with Crippen LogP contribution in [0.2, 0.25) is 0 Å². The summed E-state index contributed by atoms with van der Waals surface area (Å²) in [5, 5.41) is 5.98. The van der Waals surface area contributed by atoms with E-state index in [1.165, 1.54) is 5.56 Å². The number of hydrogen-bond acceptors (Lipinski definition) is 3. The number of aromatic nitrogens is 2. The molecule has 1 aliphatic heterocycles. The van der Waals surface area contributed by atoms with Gasteiger partial charge < -0.3 is 15.0 Å². The van der Waals surface area contributed by atoms with Crippen molar-refractivity contribution in [3.8, 4) is 0 Å². The lowest BCUT2D eigenvalue weighted by molar-refractivity contribution is 0.235. The number of nitrogens with one attached hydrogen (secondary N) is 2. The molecule has 134 valence electrons. The summed E-state index contributed by atoms with van der Waals surface area (Å²) in [6.07, 6.45) is 4.87. The van der Waals surface area contributed by atoms with Crippen molar-refractivity contribution in [2.24, 2.45) is 0 Å². The zero-order valence-corrected chi connectivity index (χ0v) is 14.6. The Balaban J connectivity index is 1.23. The number of urea groups is 1. The third-order valence-electron chi connectivity index (χ3n) is 4.70. The van der Waals surface area contributed by atoms with Crippen molar-refractivity contribution in [2.45, 2.75) is 25.6 Å². The Morgan fingerprint density at radius 3 is 2.85 bits per heavy atom. The van der Waals surface area contributed by atoms with Crippen molar-refractivity contribution in [3.05, 3.63) is 72.2 Å². The lowest BCUT2D eigenvalue weighted by Gasteiger charge is -2.17. The summed E-state index contributed by atoms with van der Waals surface area (Å²) in [4.78, 5) is 19.0. The van der Waals surface area contributed by atoms with E-state index in [2.05, 4.69) is 44.8 Å². The molecule has 3 aromatic rings. The predicted molar refractivity (Wildman–Crippen MR) is 101 cm³/mol. The number of carbonyl (C=O) groups excluding carboxylic acids is 1. The molecule has 0 aliphatic carbocycles. The van der Waals surface area contributed by atoms with E-state index in [0.717, 1.165) is 37.4 Å². The Morgan fingerprint density at radius 2 is 2.00 bits per heavy atom. The van der Waals surface area contributed by atoms with Gasteiger partial charge in [-0.1, -0.05) is 36.4 Å². The van der Waals surface area contributed by atoms with Crippen LogP contribution in [-0.4, -0.2) is 39.4 Å². The first-order valence-corrected chi connectivity index (χ1v) is 8.99. The quantitative estimate of drug-likeness (QED) is 0.744. The molecule has 4 rings (SSSR count). The minimum Gasteiger partial charge on any atom is -0.334 e. The van der Waals surface area contributed by atoms with Crippen molar-refractivity contribution in [1.29, 1.82) is 0 Å². The van der Waals surface area contributed by atoms with Gasteiger partial charge in [-0.05, 0) is 24.1 Å². The molecule has 1 aliphatic rings. The third kappa shape index (κ3) is 4.03.